The van der Waals surface area contributed by atoms with Gasteiger partial charge in [-0.25, -0.2) is 4.79 Å². The highest BCUT2D eigenvalue weighted by Crippen LogP contribution is 2.23. The first-order valence-corrected chi connectivity index (χ1v) is 9.40. The fourth-order valence-corrected chi connectivity index (χ4v) is 2.52. The predicted octanol–water partition coefficient (Wildman–Crippen LogP) is 4.43. The summed E-state index contributed by atoms with van der Waals surface area (Å²) in [5.74, 6) is 0.459. The molecule has 2 aromatic rings. The molecule has 0 saturated heterocycles. The van der Waals surface area contributed by atoms with E-state index in [0.29, 0.717) is 5.56 Å². The Morgan fingerprint density at radius 2 is 1.56 bits per heavy atom. The van der Waals surface area contributed by atoms with Gasteiger partial charge < -0.3 is 19.3 Å². The van der Waals surface area contributed by atoms with Crippen molar-refractivity contribution in [2.75, 3.05) is 19.8 Å². The molecule has 1 N–H and O–H groups in total. The second-order valence-electron chi connectivity index (χ2n) is 6.26. The van der Waals surface area contributed by atoms with Crippen LogP contribution in [0.25, 0.3) is 11.1 Å². The molecule has 1 unspecified atom stereocenters. The van der Waals surface area contributed by atoms with Crippen LogP contribution in [0.2, 0.25) is 0 Å². The molecular weight excluding hydrogens is 344 g/mol. The van der Waals surface area contributed by atoms with Crippen LogP contribution < -0.4 is 4.74 Å². The number of carbonyl (C=O) groups excluding carboxylic acids is 1. The van der Waals surface area contributed by atoms with Crippen LogP contribution in [-0.4, -0.2) is 37.2 Å². The number of hydrogen-bond donors (Lipinski definition) is 1. The Labute approximate surface area is 160 Å². The van der Waals surface area contributed by atoms with Crippen molar-refractivity contribution in [1.82, 2.24) is 0 Å². The fraction of sp³-hybridized carbons (Fsp3) is 0.409. The minimum atomic E-state index is -0.865. The van der Waals surface area contributed by atoms with Crippen LogP contribution >= 0.6 is 0 Å². The average Bonchev–Trinajstić information content (AvgIpc) is 2.69. The first-order valence-electron chi connectivity index (χ1n) is 9.40. The zero-order valence-corrected chi connectivity index (χ0v) is 16.0. The molecular formula is C22H28O5. The van der Waals surface area contributed by atoms with Crippen LogP contribution in [0, 0.1) is 0 Å². The smallest absolute Gasteiger partial charge is 0.338 e. The normalized spacial score (nSPS) is 11.8. The van der Waals surface area contributed by atoms with Gasteiger partial charge in [0.2, 0.25) is 0 Å². The summed E-state index contributed by atoms with van der Waals surface area (Å²) in [5.41, 5.74) is 2.55. The van der Waals surface area contributed by atoms with Crippen molar-refractivity contribution in [1.29, 1.82) is 0 Å². The van der Waals surface area contributed by atoms with Gasteiger partial charge in [-0.3, -0.25) is 0 Å². The third-order valence-electron chi connectivity index (χ3n) is 4.00. The number of benzene rings is 2. The van der Waals surface area contributed by atoms with Gasteiger partial charge in [0.15, 0.2) is 6.29 Å². The van der Waals surface area contributed by atoms with Crippen molar-refractivity contribution >= 4 is 5.97 Å². The van der Waals surface area contributed by atoms with Crippen LogP contribution in [0.5, 0.6) is 5.75 Å². The van der Waals surface area contributed by atoms with Crippen molar-refractivity contribution in [3.63, 3.8) is 0 Å². The third kappa shape index (κ3) is 7.41. The van der Waals surface area contributed by atoms with Crippen LogP contribution in [-0.2, 0) is 9.47 Å². The Bertz CT molecular complexity index is 677. The maximum atomic E-state index is 12.0. The van der Waals surface area contributed by atoms with Crippen LogP contribution in [0.1, 0.15) is 43.5 Å². The van der Waals surface area contributed by atoms with Crippen molar-refractivity contribution in [3.05, 3.63) is 54.1 Å². The lowest BCUT2D eigenvalue weighted by Crippen LogP contribution is -2.14. The lowest BCUT2D eigenvalue weighted by molar-refractivity contribution is -0.0949. The summed E-state index contributed by atoms with van der Waals surface area (Å²) in [4.78, 5) is 12.0. The van der Waals surface area contributed by atoms with E-state index in [4.69, 9.17) is 19.3 Å². The van der Waals surface area contributed by atoms with Gasteiger partial charge in [0.25, 0.3) is 0 Å². The molecule has 0 heterocycles. The largest absolute Gasteiger partial charge is 0.494 e. The Kier molecular flexibility index (Phi) is 8.81. The molecule has 2 aromatic carbocycles. The Morgan fingerprint density at radius 3 is 2.15 bits per heavy atom. The molecule has 2 rings (SSSR count). The maximum Gasteiger partial charge on any atom is 0.338 e. The first-order chi connectivity index (χ1) is 13.1. The molecule has 0 aromatic heterocycles. The minimum absolute atomic E-state index is 0.102. The molecule has 0 aliphatic heterocycles. The van der Waals surface area contributed by atoms with E-state index in [2.05, 4.69) is 6.92 Å². The number of aliphatic hydroxyl groups excluding tert-OH is 1. The fourth-order valence-electron chi connectivity index (χ4n) is 2.52. The van der Waals surface area contributed by atoms with E-state index in [0.717, 1.165) is 29.9 Å². The number of unbranched alkanes of at least 4 members (excludes halogenated alkanes) is 2. The van der Waals surface area contributed by atoms with Gasteiger partial charge >= 0.3 is 5.97 Å². The van der Waals surface area contributed by atoms with Gasteiger partial charge in [-0.05, 0) is 48.7 Å². The Morgan fingerprint density at radius 1 is 0.926 bits per heavy atom. The van der Waals surface area contributed by atoms with Gasteiger partial charge in [0.1, 0.15) is 12.4 Å². The number of esters is 1. The van der Waals surface area contributed by atoms with Gasteiger partial charge in [-0.15, -0.1) is 0 Å². The van der Waals surface area contributed by atoms with E-state index >= 15 is 0 Å². The molecule has 1 atom stereocenters. The van der Waals surface area contributed by atoms with Gasteiger partial charge in [0, 0.05) is 0 Å². The SMILES string of the molecule is CCCCCOc1ccc(-c2ccc(C(=O)OCCOC(C)O)cc2)cc1. The van der Waals surface area contributed by atoms with E-state index in [1.54, 1.807) is 12.1 Å². The lowest BCUT2D eigenvalue weighted by Gasteiger charge is -2.09. The highest BCUT2D eigenvalue weighted by molar-refractivity contribution is 5.90. The third-order valence-corrected chi connectivity index (χ3v) is 4.00. The Hall–Kier alpha value is -2.37. The predicted molar refractivity (Wildman–Crippen MR) is 105 cm³/mol. The lowest BCUT2D eigenvalue weighted by atomic mass is 10.0. The van der Waals surface area contributed by atoms with Crippen LogP contribution in [0.4, 0.5) is 0 Å². The van der Waals surface area contributed by atoms with Gasteiger partial charge in [-0.2, -0.15) is 0 Å². The van der Waals surface area contributed by atoms with Crippen LogP contribution in [0.3, 0.4) is 0 Å². The summed E-state index contributed by atoms with van der Waals surface area (Å²) in [5, 5.41) is 8.98. The first kappa shape index (κ1) is 20.9. The van der Waals surface area contributed by atoms with E-state index in [9.17, 15) is 4.79 Å². The summed E-state index contributed by atoms with van der Waals surface area (Å²) < 4.78 is 15.7. The summed E-state index contributed by atoms with van der Waals surface area (Å²) in [6.07, 6.45) is 2.57. The molecule has 0 aliphatic rings. The van der Waals surface area contributed by atoms with Crippen molar-refractivity contribution < 1.29 is 24.1 Å². The topological polar surface area (TPSA) is 65.0 Å². The number of hydrogen-bond acceptors (Lipinski definition) is 5. The molecule has 27 heavy (non-hydrogen) atoms. The van der Waals surface area contributed by atoms with E-state index in [1.807, 2.05) is 36.4 Å². The number of carbonyl (C=O) groups is 1. The van der Waals surface area contributed by atoms with Crippen molar-refractivity contribution in [3.8, 4) is 16.9 Å². The van der Waals surface area contributed by atoms with E-state index in [1.165, 1.54) is 19.8 Å². The quantitative estimate of drug-likeness (QED) is 0.359. The molecule has 5 heteroatoms. The number of ether oxygens (including phenoxy) is 3. The molecule has 0 amide bonds. The zero-order valence-electron chi connectivity index (χ0n) is 16.0. The molecule has 146 valence electrons. The highest BCUT2D eigenvalue weighted by atomic mass is 16.6. The second-order valence-corrected chi connectivity index (χ2v) is 6.26. The summed E-state index contributed by atoms with van der Waals surface area (Å²) in [6, 6.07) is 15.2. The summed E-state index contributed by atoms with van der Waals surface area (Å²) in [6.45, 7) is 4.68. The number of aliphatic hydroxyl groups is 1. The molecule has 0 saturated carbocycles. The van der Waals surface area contributed by atoms with E-state index in [-0.39, 0.29) is 13.2 Å². The molecule has 0 spiro atoms. The molecule has 5 nitrogen and oxygen atoms in total. The monoisotopic (exact) mass is 372 g/mol. The molecule has 0 radical (unpaired) electrons. The van der Waals surface area contributed by atoms with Gasteiger partial charge in [0.05, 0.1) is 18.8 Å². The molecule has 0 fully saturated rings. The zero-order chi connectivity index (χ0) is 19.5. The maximum absolute atomic E-state index is 12.0. The average molecular weight is 372 g/mol. The van der Waals surface area contributed by atoms with E-state index < -0.39 is 12.3 Å². The van der Waals surface area contributed by atoms with Crippen molar-refractivity contribution in [2.24, 2.45) is 0 Å². The standard InChI is InChI=1S/C22H28O5/c1-3-4-5-14-26-21-12-10-19(11-13-21)18-6-8-20(9-7-18)22(24)27-16-15-25-17(2)23/h6-13,17,23H,3-5,14-16H2,1-2H3. The summed E-state index contributed by atoms with van der Waals surface area (Å²) in [7, 11) is 0. The minimum Gasteiger partial charge on any atom is -0.494 e. The molecule has 0 aliphatic carbocycles. The number of rotatable bonds is 11. The highest BCUT2D eigenvalue weighted by Gasteiger charge is 2.08. The van der Waals surface area contributed by atoms with Crippen molar-refractivity contribution in [2.45, 2.75) is 39.4 Å². The Balaban J connectivity index is 1.86. The van der Waals surface area contributed by atoms with Gasteiger partial charge in [-0.1, -0.05) is 44.0 Å². The second kappa shape index (κ2) is 11.4. The molecule has 0 bridgehead atoms. The van der Waals surface area contributed by atoms with Crippen LogP contribution in [0.15, 0.2) is 48.5 Å². The summed E-state index contributed by atoms with van der Waals surface area (Å²) >= 11 is 0.